The summed E-state index contributed by atoms with van der Waals surface area (Å²) in [6.45, 7) is 4.07. The van der Waals surface area contributed by atoms with E-state index in [4.69, 9.17) is 5.73 Å². The summed E-state index contributed by atoms with van der Waals surface area (Å²) < 4.78 is 1.45. The topological polar surface area (TPSA) is 64.2 Å². The number of piperidine rings is 1. The molecule has 1 aromatic heterocycles. The predicted octanol–water partition coefficient (Wildman–Crippen LogP) is 2.90. The summed E-state index contributed by atoms with van der Waals surface area (Å²) >= 11 is 0. The first-order valence-electron chi connectivity index (χ1n) is 8.83. The van der Waals surface area contributed by atoms with E-state index >= 15 is 0 Å². The van der Waals surface area contributed by atoms with Gasteiger partial charge in [-0.2, -0.15) is 5.10 Å². The lowest BCUT2D eigenvalue weighted by Crippen LogP contribution is -2.35. The van der Waals surface area contributed by atoms with Crippen molar-refractivity contribution < 1.29 is 0 Å². The number of hydrogen-bond donors (Lipinski definition) is 1. The van der Waals surface area contributed by atoms with Gasteiger partial charge in [0.1, 0.15) is 11.4 Å². The Morgan fingerprint density at radius 2 is 1.88 bits per heavy atom. The van der Waals surface area contributed by atoms with E-state index in [0.717, 1.165) is 42.9 Å². The van der Waals surface area contributed by atoms with E-state index in [1.54, 1.807) is 6.92 Å². The Bertz CT molecular complexity index is 840. The predicted molar refractivity (Wildman–Crippen MR) is 102 cm³/mol. The first kappa shape index (κ1) is 17.1. The number of aromatic nitrogens is 2. The Balaban J connectivity index is 2.13. The fourth-order valence-electron chi connectivity index (χ4n) is 3.25. The minimum Gasteiger partial charge on any atom is -0.392 e. The van der Waals surface area contributed by atoms with Crippen LogP contribution in [0.4, 0.5) is 11.4 Å². The van der Waals surface area contributed by atoms with Crippen molar-refractivity contribution in [1.29, 1.82) is 0 Å². The van der Waals surface area contributed by atoms with E-state index in [-0.39, 0.29) is 5.56 Å². The van der Waals surface area contributed by atoms with E-state index in [1.807, 2.05) is 30.3 Å². The molecule has 5 nitrogen and oxygen atoms in total. The molecule has 1 fully saturated rings. The SMILES string of the molecule is CC#CCCn1nc(-c2ccccc2)c(N2CCCCC2)c(N)c1=O. The van der Waals surface area contributed by atoms with Crippen LogP contribution in [0.3, 0.4) is 0 Å². The first-order valence-corrected chi connectivity index (χ1v) is 8.83. The van der Waals surface area contributed by atoms with Crippen molar-refractivity contribution in [3.05, 3.63) is 40.7 Å². The standard InChI is InChI=1S/C20H24N4O/c1-2-3-8-15-24-20(25)17(21)19(23-13-9-5-10-14-23)18(22-24)16-11-6-4-7-12-16/h4,6-7,11-12H,5,8-10,13-15,21H2,1H3. The molecule has 0 amide bonds. The van der Waals surface area contributed by atoms with Gasteiger partial charge in [-0.1, -0.05) is 30.3 Å². The van der Waals surface area contributed by atoms with Crippen LogP contribution in [0.2, 0.25) is 0 Å². The van der Waals surface area contributed by atoms with Crippen LogP contribution in [0.1, 0.15) is 32.6 Å². The van der Waals surface area contributed by atoms with Crippen LogP contribution in [-0.4, -0.2) is 22.9 Å². The molecule has 2 N–H and O–H groups in total. The molecular weight excluding hydrogens is 312 g/mol. The minimum absolute atomic E-state index is 0.224. The van der Waals surface area contributed by atoms with Gasteiger partial charge < -0.3 is 10.6 Å². The number of nitrogen functional groups attached to an aromatic ring is 1. The average molecular weight is 336 g/mol. The molecule has 25 heavy (non-hydrogen) atoms. The van der Waals surface area contributed by atoms with Crippen molar-refractivity contribution in [2.24, 2.45) is 0 Å². The number of anilines is 2. The summed E-state index contributed by atoms with van der Waals surface area (Å²) in [6, 6.07) is 9.95. The van der Waals surface area contributed by atoms with E-state index < -0.39 is 0 Å². The number of benzene rings is 1. The van der Waals surface area contributed by atoms with E-state index in [9.17, 15) is 4.79 Å². The molecule has 0 bridgehead atoms. The van der Waals surface area contributed by atoms with Gasteiger partial charge in [-0.05, 0) is 26.2 Å². The molecule has 1 saturated heterocycles. The molecule has 1 aliphatic heterocycles. The number of rotatable bonds is 4. The van der Waals surface area contributed by atoms with Gasteiger partial charge in [0, 0.05) is 25.1 Å². The number of nitrogens with two attached hydrogens (primary N) is 1. The fourth-order valence-corrected chi connectivity index (χ4v) is 3.25. The van der Waals surface area contributed by atoms with Crippen LogP contribution in [0.5, 0.6) is 0 Å². The third kappa shape index (κ3) is 3.69. The largest absolute Gasteiger partial charge is 0.392 e. The molecule has 3 rings (SSSR count). The summed E-state index contributed by atoms with van der Waals surface area (Å²) in [7, 11) is 0. The Hall–Kier alpha value is -2.74. The lowest BCUT2D eigenvalue weighted by Gasteiger charge is -2.31. The number of aryl methyl sites for hydroxylation is 1. The van der Waals surface area contributed by atoms with Crippen molar-refractivity contribution in [2.45, 2.75) is 39.2 Å². The van der Waals surface area contributed by atoms with E-state index in [1.165, 1.54) is 11.1 Å². The van der Waals surface area contributed by atoms with Crippen molar-refractivity contribution in [2.75, 3.05) is 23.7 Å². The first-order chi connectivity index (χ1) is 12.2. The molecular formula is C20H24N4O. The molecule has 5 heteroatoms. The molecule has 2 aromatic rings. The summed E-state index contributed by atoms with van der Waals surface area (Å²) in [5.41, 5.74) is 8.92. The highest BCUT2D eigenvalue weighted by Crippen LogP contribution is 2.33. The fraction of sp³-hybridized carbons (Fsp3) is 0.400. The van der Waals surface area contributed by atoms with Crippen LogP contribution in [-0.2, 0) is 6.54 Å². The zero-order chi connectivity index (χ0) is 17.6. The summed E-state index contributed by atoms with van der Waals surface area (Å²) in [5.74, 6) is 5.83. The van der Waals surface area contributed by atoms with Crippen molar-refractivity contribution in [3.63, 3.8) is 0 Å². The average Bonchev–Trinajstić information content (AvgIpc) is 2.66. The summed E-state index contributed by atoms with van der Waals surface area (Å²) in [6.07, 6.45) is 4.03. The van der Waals surface area contributed by atoms with Gasteiger partial charge in [0.15, 0.2) is 0 Å². The molecule has 0 saturated carbocycles. The molecule has 0 aliphatic carbocycles. The molecule has 0 radical (unpaired) electrons. The zero-order valence-electron chi connectivity index (χ0n) is 14.7. The minimum atomic E-state index is -0.224. The summed E-state index contributed by atoms with van der Waals surface area (Å²) in [5, 5.41) is 4.67. The van der Waals surface area contributed by atoms with Gasteiger partial charge in [0.25, 0.3) is 5.56 Å². The van der Waals surface area contributed by atoms with Crippen molar-refractivity contribution in [1.82, 2.24) is 9.78 Å². The second-order valence-electron chi connectivity index (χ2n) is 6.23. The van der Waals surface area contributed by atoms with Crippen molar-refractivity contribution >= 4 is 11.4 Å². The van der Waals surface area contributed by atoms with Gasteiger partial charge in [-0.15, -0.1) is 11.8 Å². The third-order valence-corrected chi connectivity index (χ3v) is 4.51. The van der Waals surface area contributed by atoms with Crippen LogP contribution < -0.4 is 16.2 Å². The number of nitrogens with zero attached hydrogens (tertiary/aromatic N) is 3. The van der Waals surface area contributed by atoms with Gasteiger partial charge in [0.2, 0.25) is 0 Å². The Kier molecular flexibility index (Phi) is 5.39. The van der Waals surface area contributed by atoms with Crippen LogP contribution >= 0.6 is 0 Å². The highest BCUT2D eigenvalue weighted by Gasteiger charge is 2.23. The Labute approximate surface area is 148 Å². The maximum Gasteiger partial charge on any atom is 0.292 e. The molecule has 1 aliphatic rings. The zero-order valence-corrected chi connectivity index (χ0v) is 14.7. The second-order valence-corrected chi connectivity index (χ2v) is 6.23. The Morgan fingerprint density at radius 3 is 2.56 bits per heavy atom. The normalized spacial score (nSPS) is 14.0. The van der Waals surface area contributed by atoms with Crippen LogP contribution in [0.15, 0.2) is 35.1 Å². The van der Waals surface area contributed by atoms with Gasteiger partial charge in [-0.3, -0.25) is 4.79 Å². The lowest BCUT2D eigenvalue weighted by molar-refractivity contribution is 0.568. The highest BCUT2D eigenvalue weighted by molar-refractivity contribution is 5.83. The van der Waals surface area contributed by atoms with E-state index in [0.29, 0.717) is 18.7 Å². The van der Waals surface area contributed by atoms with Gasteiger partial charge in [-0.25, -0.2) is 4.68 Å². The molecule has 0 spiro atoms. The maximum atomic E-state index is 12.7. The monoisotopic (exact) mass is 336 g/mol. The summed E-state index contributed by atoms with van der Waals surface area (Å²) in [4.78, 5) is 14.9. The van der Waals surface area contributed by atoms with Crippen LogP contribution in [0, 0.1) is 11.8 Å². The lowest BCUT2D eigenvalue weighted by atomic mass is 10.1. The molecule has 2 heterocycles. The molecule has 1 aromatic carbocycles. The molecule has 130 valence electrons. The number of hydrogen-bond acceptors (Lipinski definition) is 4. The van der Waals surface area contributed by atoms with Crippen LogP contribution in [0.25, 0.3) is 11.3 Å². The van der Waals surface area contributed by atoms with Gasteiger partial charge in [0.05, 0.1) is 12.2 Å². The quantitative estimate of drug-likeness (QED) is 0.872. The van der Waals surface area contributed by atoms with E-state index in [2.05, 4.69) is 21.8 Å². The molecule has 0 atom stereocenters. The molecule has 0 unspecified atom stereocenters. The second kappa shape index (κ2) is 7.89. The maximum absolute atomic E-state index is 12.7. The smallest absolute Gasteiger partial charge is 0.292 e. The van der Waals surface area contributed by atoms with Crippen molar-refractivity contribution in [3.8, 4) is 23.1 Å². The third-order valence-electron chi connectivity index (χ3n) is 4.51. The highest BCUT2D eigenvalue weighted by atomic mass is 16.1. The Morgan fingerprint density at radius 1 is 1.16 bits per heavy atom. The van der Waals surface area contributed by atoms with Gasteiger partial charge >= 0.3 is 0 Å².